The van der Waals surface area contributed by atoms with Crippen LogP contribution in [0.5, 0.6) is 0 Å². The Morgan fingerprint density at radius 2 is 1.75 bits per heavy atom. The third kappa shape index (κ3) is 3.81. The van der Waals surface area contributed by atoms with Gasteiger partial charge in [0.2, 0.25) is 0 Å². The number of hydrogen-bond donors (Lipinski definition) is 0. The van der Waals surface area contributed by atoms with Crippen molar-refractivity contribution < 1.29 is 23.8 Å². The second kappa shape index (κ2) is 5.30. The van der Waals surface area contributed by atoms with Crippen LogP contribution < -0.4 is 0 Å². The lowest BCUT2D eigenvalue weighted by Crippen LogP contribution is -2.34. The Morgan fingerprint density at radius 3 is 2.06 bits per heavy atom. The highest BCUT2D eigenvalue weighted by Crippen LogP contribution is 2.33. The molecule has 1 atom stereocenters. The van der Waals surface area contributed by atoms with Crippen LogP contribution in [0.4, 0.5) is 0 Å². The summed E-state index contributed by atoms with van der Waals surface area (Å²) in [6, 6.07) is 0. The first-order chi connectivity index (χ1) is 7.43. The molecule has 0 saturated carbocycles. The molecule has 16 heavy (non-hydrogen) atoms. The van der Waals surface area contributed by atoms with E-state index in [1.165, 1.54) is 13.8 Å². The van der Waals surface area contributed by atoms with Crippen molar-refractivity contribution in [1.29, 1.82) is 0 Å². The van der Waals surface area contributed by atoms with Crippen LogP contribution in [0.2, 0.25) is 0 Å². The zero-order valence-electron chi connectivity index (χ0n) is 9.95. The number of ether oxygens (including phenoxy) is 3. The molecule has 1 aliphatic heterocycles. The van der Waals surface area contributed by atoms with E-state index in [9.17, 15) is 9.59 Å². The van der Waals surface area contributed by atoms with E-state index < -0.39 is 0 Å². The molecule has 0 aromatic rings. The maximum atomic E-state index is 10.8. The molecule has 0 aliphatic carbocycles. The summed E-state index contributed by atoms with van der Waals surface area (Å²) in [7, 11) is 0. The predicted octanol–water partition coefficient (Wildman–Crippen LogP) is 0.908. The fourth-order valence-corrected chi connectivity index (χ4v) is 1.80. The van der Waals surface area contributed by atoms with Gasteiger partial charge in [0.1, 0.15) is 13.2 Å². The van der Waals surface area contributed by atoms with Gasteiger partial charge in [0, 0.05) is 13.8 Å². The Balaban J connectivity index is 2.54. The molecule has 5 heteroatoms. The highest BCUT2D eigenvalue weighted by atomic mass is 16.6. The van der Waals surface area contributed by atoms with E-state index in [2.05, 4.69) is 0 Å². The van der Waals surface area contributed by atoms with Gasteiger partial charge in [-0.3, -0.25) is 9.59 Å². The summed E-state index contributed by atoms with van der Waals surface area (Å²) in [5.41, 5.74) is -0.378. The lowest BCUT2D eigenvalue weighted by Gasteiger charge is -2.25. The van der Waals surface area contributed by atoms with Crippen molar-refractivity contribution in [3.63, 3.8) is 0 Å². The molecule has 1 saturated heterocycles. The minimum Gasteiger partial charge on any atom is -0.465 e. The zero-order valence-corrected chi connectivity index (χ0v) is 9.95. The lowest BCUT2D eigenvalue weighted by molar-refractivity contribution is -0.151. The van der Waals surface area contributed by atoms with Crippen LogP contribution in [-0.2, 0) is 23.8 Å². The highest BCUT2D eigenvalue weighted by Gasteiger charge is 2.41. The summed E-state index contributed by atoms with van der Waals surface area (Å²) in [5.74, 6) is -0.663. The van der Waals surface area contributed by atoms with Crippen LogP contribution in [0.15, 0.2) is 0 Å². The topological polar surface area (TPSA) is 61.8 Å². The average Bonchev–Trinajstić information content (AvgIpc) is 2.55. The fourth-order valence-electron chi connectivity index (χ4n) is 1.80. The molecular formula is C11H18O5. The largest absolute Gasteiger partial charge is 0.465 e. The normalized spacial score (nSPS) is 22.8. The molecule has 0 radical (unpaired) electrons. The van der Waals surface area contributed by atoms with Gasteiger partial charge in [-0.1, -0.05) is 0 Å². The van der Waals surface area contributed by atoms with Crippen molar-refractivity contribution in [3.8, 4) is 0 Å². The minimum atomic E-state index is -0.378. The SMILES string of the molecule is CC(=O)OCC1(COC(C)=O)COC(C)C1. The number of esters is 2. The van der Waals surface area contributed by atoms with E-state index in [4.69, 9.17) is 14.2 Å². The molecule has 0 N–H and O–H groups in total. The third-order valence-corrected chi connectivity index (χ3v) is 2.56. The summed E-state index contributed by atoms with van der Waals surface area (Å²) >= 11 is 0. The first-order valence-electron chi connectivity index (χ1n) is 5.32. The van der Waals surface area contributed by atoms with Gasteiger partial charge < -0.3 is 14.2 Å². The number of carbonyl (C=O) groups excluding carboxylic acids is 2. The third-order valence-electron chi connectivity index (χ3n) is 2.56. The Hall–Kier alpha value is -1.10. The quantitative estimate of drug-likeness (QED) is 0.672. The van der Waals surface area contributed by atoms with Crippen LogP contribution in [-0.4, -0.2) is 37.9 Å². The van der Waals surface area contributed by atoms with Crippen molar-refractivity contribution >= 4 is 11.9 Å². The molecule has 0 aromatic heterocycles. The van der Waals surface area contributed by atoms with Gasteiger partial charge in [-0.2, -0.15) is 0 Å². The Morgan fingerprint density at radius 1 is 1.25 bits per heavy atom. The Bertz CT molecular complexity index is 256. The van der Waals surface area contributed by atoms with Crippen molar-refractivity contribution in [2.24, 2.45) is 5.41 Å². The zero-order chi connectivity index (χ0) is 12.2. The van der Waals surface area contributed by atoms with Crippen molar-refractivity contribution in [2.45, 2.75) is 33.3 Å². The van der Waals surface area contributed by atoms with E-state index in [1.807, 2.05) is 6.92 Å². The van der Waals surface area contributed by atoms with Gasteiger partial charge in [0.25, 0.3) is 0 Å². The van der Waals surface area contributed by atoms with E-state index in [-0.39, 0.29) is 36.7 Å². The summed E-state index contributed by atoms with van der Waals surface area (Å²) < 4.78 is 15.4. The predicted molar refractivity (Wildman–Crippen MR) is 55.7 cm³/mol. The molecule has 1 fully saturated rings. The highest BCUT2D eigenvalue weighted by molar-refractivity contribution is 5.66. The summed E-state index contributed by atoms with van der Waals surface area (Å²) in [4.78, 5) is 21.6. The molecule has 92 valence electrons. The molecule has 0 amide bonds. The molecule has 0 aromatic carbocycles. The molecular weight excluding hydrogens is 212 g/mol. The summed E-state index contributed by atoms with van der Waals surface area (Å²) in [6.07, 6.45) is 0.833. The molecule has 1 rings (SSSR count). The standard InChI is InChI=1S/C11H18O5/c1-8-4-11(5-14-8,6-15-9(2)12)7-16-10(3)13/h8H,4-7H2,1-3H3. The first-order valence-corrected chi connectivity index (χ1v) is 5.32. The average molecular weight is 230 g/mol. The van der Waals surface area contributed by atoms with E-state index in [1.54, 1.807) is 0 Å². The van der Waals surface area contributed by atoms with Crippen LogP contribution in [0.25, 0.3) is 0 Å². The van der Waals surface area contributed by atoms with Gasteiger partial charge in [-0.25, -0.2) is 0 Å². The van der Waals surface area contributed by atoms with Gasteiger partial charge in [-0.15, -0.1) is 0 Å². The Labute approximate surface area is 95.0 Å². The van der Waals surface area contributed by atoms with Crippen LogP contribution >= 0.6 is 0 Å². The minimum absolute atomic E-state index is 0.103. The molecule has 0 bridgehead atoms. The molecule has 5 nitrogen and oxygen atoms in total. The first kappa shape index (κ1) is 13.0. The lowest BCUT2D eigenvalue weighted by atomic mass is 9.87. The Kier molecular flexibility index (Phi) is 4.29. The maximum absolute atomic E-state index is 10.8. The monoisotopic (exact) mass is 230 g/mol. The van der Waals surface area contributed by atoms with Crippen molar-refractivity contribution in [3.05, 3.63) is 0 Å². The second-order valence-corrected chi connectivity index (χ2v) is 4.39. The van der Waals surface area contributed by atoms with Crippen molar-refractivity contribution in [1.82, 2.24) is 0 Å². The molecule has 1 unspecified atom stereocenters. The fraction of sp³-hybridized carbons (Fsp3) is 0.818. The van der Waals surface area contributed by atoms with Gasteiger partial charge >= 0.3 is 11.9 Å². The van der Waals surface area contributed by atoms with Gasteiger partial charge in [0.15, 0.2) is 0 Å². The van der Waals surface area contributed by atoms with Crippen LogP contribution in [0.3, 0.4) is 0 Å². The van der Waals surface area contributed by atoms with Gasteiger partial charge in [-0.05, 0) is 13.3 Å². The van der Waals surface area contributed by atoms with Crippen molar-refractivity contribution in [2.75, 3.05) is 19.8 Å². The molecule has 1 aliphatic rings. The number of carbonyl (C=O) groups is 2. The smallest absolute Gasteiger partial charge is 0.302 e. The molecule has 0 spiro atoms. The maximum Gasteiger partial charge on any atom is 0.302 e. The van der Waals surface area contributed by atoms with E-state index in [0.717, 1.165) is 6.42 Å². The van der Waals surface area contributed by atoms with Gasteiger partial charge in [0.05, 0.1) is 18.1 Å². The van der Waals surface area contributed by atoms with Crippen LogP contribution in [0.1, 0.15) is 27.2 Å². The number of hydrogen-bond acceptors (Lipinski definition) is 5. The summed E-state index contributed by atoms with van der Waals surface area (Å²) in [6.45, 7) is 5.59. The van der Waals surface area contributed by atoms with E-state index >= 15 is 0 Å². The second-order valence-electron chi connectivity index (χ2n) is 4.39. The number of rotatable bonds is 4. The van der Waals surface area contributed by atoms with Crippen LogP contribution in [0, 0.1) is 5.41 Å². The molecule has 1 heterocycles. The van der Waals surface area contributed by atoms with E-state index in [0.29, 0.717) is 6.61 Å². The summed E-state index contributed by atoms with van der Waals surface area (Å²) in [5, 5.41) is 0.